The van der Waals surface area contributed by atoms with Crippen molar-refractivity contribution in [1.82, 2.24) is 5.32 Å². The number of benzene rings is 2. The molecule has 1 aliphatic heterocycles. The quantitative estimate of drug-likeness (QED) is 0.944. The molecule has 1 aliphatic rings. The largest absolute Gasteiger partial charge is 0.490 e. The minimum Gasteiger partial charge on any atom is -0.490 e. The molecular formula is C19H21NO3. The van der Waals surface area contributed by atoms with Crippen LogP contribution in [0.4, 0.5) is 0 Å². The summed E-state index contributed by atoms with van der Waals surface area (Å²) in [5.74, 6) is 1.48. The van der Waals surface area contributed by atoms with Crippen LogP contribution >= 0.6 is 0 Å². The second-order valence-electron chi connectivity index (χ2n) is 5.77. The molecule has 0 fully saturated rings. The van der Waals surface area contributed by atoms with Crippen molar-refractivity contribution in [3.63, 3.8) is 0 Å². The van der Waals surface area contributed by atoms with Crippen molar-refractivity contribution in [2.24, 2.45) is 0 Å². The van der Waals surface area contributed by atoms with E-state index in [0.717, 1.165) is 29.0 Å². The third-order valence-corrected chi connectivity index (χ3v) is 3.79. The summed E-state index contributed by atoms with van der Waals surface area (Å²) in [6.45, 7) is 3.91. The van der Waals surface area contributed by atoms with E-state index in [9.17, 15) is 4.79 Å². The molecule has 0 aliphatic carbocycles. The lowest BCUT2D eigenvalue weighted by atomic mass is 10.1. The van der Waals surface area contributed by atoms with Crippen molar-refractivity contribution in [3.8, 4) is 11.5 Å². The molecule has 1 N–H and O–H groups in total. The Balaban J connectivity index is 1.57. The monoisotopic (exact) mass is 311 g/mol. The van der Waals surface area contributed by atoms with E-state index in [1.54, 1.807) is 0 Å². The maximum atomic E-state index is 12.1. The molecule has 1 heterocycles. The second kappa shape index (κ2) is 7.18. The van der Waals surface area contributed by atoms with Crippen molar-refractivity contribution >= 4 is 5.91 Å². The van der Waals surface area contributed by atoms with E-state index in [1.807, 2.05) is 49.4 Å². The highest BCUT2D eigenvalue weighted by Crippen LogP contribution is 2.30. The van der Waals surface area contributed by atoms with Crippen LogP contribution < -0.4 is 14.8 Å². The van der Waals surface area contributed by atoms with E-state index < -0.39 is 0 Å². The lowest BCUT2D eigenvalue weighted by Gasteiger charge is -2.10. The molecule has 2 aromatic carbocycles. The van der Waals surface area contributed by atoms with Gasteiger partial charge in [0.25, 0.3) is 0 Å². The Hall–Kier alpha value is -2.49. The topological polar surface area (TPSA) is 47.6 Å². The summed E-state index contributed by atoms with van der Waals surface area (Å²) < 4.78 is 11.3. The van der Waals surface area contributed by atoms with Crippen molar-refractivity contribution in [2.45, 2.75) is 26.3 Å². The molecule has 1 amide bonds. The Labute approximate surface area is 136 Å². The van der Waals surface area contributed by atoms with E-state index in [4.69, 9.17) is 9.47 Å². The van der Waals surface area contributed by atoms with E-state index in [1.165, 1.54) is 5.56 Å². The fourth-order valence-corrected chi connectivity index (χ4v) is 2.47. The molecule has 0 spiro atoms. The van der Waals surface area contributed by atoms with Crippen molar-refractivity contribution < 1.29 is 14.3 Å². The number of rotatable bonds is 4. The van der Waals surface area contributed by atoms with Crippen LogP contribution in [0.25, 0.3) is 0 Å². The predicted molar refractivity (Wildman–Crippen MR) is 88.8 cm³/mol. The van der Waals surface area contributed by atoms with Gasteiger partial charge in [-0.25, -0.2) is 0 Å². The maximum Gasteiger partial charge on any atom is 0.224 e. The first-order valence-corrected chi connectivity index (χ1v) is 7.91. The van der Waals surface area contributed by atoms with E-state index in [-0.39, 0.29) is 5.91 Å². The molecule has 3 rings (SSSR count). The average Bonchev–Trinajstić information content (AvgIpc) is 2.79. The van der Waals surface area contributed by atoms with Gasteiger partial charge in [0.1, 0.15) is 0 Å². The van der Waals surface area contributed by atoms with Gasteiger partial charge in [-0.15, -0.1) is 0 Å². The van der Waals surface area contributed by atoms with Crippen molar-refractivity contribution in [3.05, 3.63) is 59.2 Å². The molecule has 0 radical (unpaired) electrons. The van der Waals surface area contributed by atoms with E-state index >= 15 is 0 Å². The molecule has 0 atom stereocenters. The van der Waals surface area contributed by atoms with Crippen LogP contribution in [-0.4, -0.2) is 19.1 Å². The highest BCUT2D eigenvalue weighted by Gasteiger charge is 2.12. The Kier molecular flexibility index (Phi) is 4.81. The Morgan fingerprint density at radius 3 is 2.48 bits per heavy atom. The second-order valence-corrected chi connectivity index (χ2v) is 5.77. The van der Waals surface area contributed by atoms with Crippen molar-refractivity contribution in [1.29, 1.82) is 0 Å². The number of hydrogen-bond acceptors (Lipinski definition) is 3. The first-order valence-electron chi connectivity index (χ1n) is 7.91. The predicted octanol–water partition coefficient (Wildman–Crippen LogP) is 3.02. The zero-order valence-electron chi connectivity index (χ0n) is 13.3. The zero-order chi connectivity index (χ0) is 16.1. The fourth-order valence-electron chi connectivity index (χ4n) is 2.47. The van der Waals surface area contributed by atoms with Gasteiger partial charge in [0.15, 0.2) is 11.5 Å². The summed E-state index contributed by atoms with van der Waals surface area (Å²) in [7, 11) is 0. The van der Waals surface area contributed by atoms with E-state index in [0.29, 0.717) is 26.2 Å². The van der Waals surface area contributed by atoms with Crippen LogP contribution in [0.5, 0.6) is 11.5 Å². The molecule has 0 unspecified atom stereocenters. The molecule has 0 bridgehead atoms. The van der Waals surface area contributed by atoms with Gasteiger partial charge in [0, 0.05) is 13.0 Å². The lowest BCUT2D eigenvalue weighted by Crippen LogP contribution is -2.24. The number of nitrogens with one attached hydrogen (secondary N) is 1. The van der Waals surface area contributed by atoms with Gasteiger partial charge in [-0.05, 0) is 30.2 Å². The first-order chi connectivity index (χ1) is 11.2. The van der Waals surface area contributed by atoms with Gasteiger partial charge in [-0.1, -0.05) is 35.9 Å². The number of ether oxygens (including phenoxy) is 2. The van der Waals surface area contributed by atoms with Crippen molar-refractivity contribution in [2.75, 3.05) is 13.2 Å². The first kappa shape index (κ1) is 15.4. The van der Waals surface area contributed by atoms with Gasteiger partial charge >= 0.3 is 0 Å². The number of fused-ring (bicyclic) bond motifs is 1. The van der Waals surface area contributed by atoms with Gasteiger partial charge in [0.2, 0.25) is 5.91 Å². The standard InChI is InChI=1S/C19H21NO3/c1-14-3-5-15(6-4-14)13-20-19(21)12-16-7-8-17-18(11-16)23-10-2-9-22-17/h3-8,11H,2,9-10,12-13H2,1H3,(H,20,21). The lowest BCUT2D eigenvalue weighted by molar-refractivity contribution is -0.120. The number of amides is 1. The summed E-state index contributed by atoms with van der Waals surface area (Å²) in [4.78, 5) is 12.1. The molecule has 0 aromatic heterocycles. The van der Waals surface area contributed by atoms with Crippen LogP contribution in [0.15, 0.2) is 42.5 Å². The molecule has 0 saturated carbocycles. The van der Waals surface area contributed by atoms with Crippen LogP contribution in [0, 0.1) is 6.92 Å². The summed E-state index contributed by atoms with van der Waals surface area (Å²) in [6.07, 6.45) is 1.21. The molecule has 4 nitrogen and oxygen atoms in total. The smallest absolute Gasteiger partial charge is 0.224 e. The highest BCUT2D eigenvalue weighted by molar-refractivity contribution is 5.78. The molecule has 4 heteroatoms. The zero-order valence-corrected chi connectivity index (χ0v) is 13.3. The van der Waals surface area contributed by atoms with Gasteiger partial charge in [0.05, 0.1) is 19.6 Å². The molecule has 23 heavy (non-hydrogen) atoms. The highest BCUT2D eigenvalue weighted by atomic mass is 16.5. The Morgan fingerprint density at radius 1 is 1.00 bits per heavy atom. The number of carbonyl (C=O) groups is 1. The van der Waals surface area contributed by atoms with Crippen LogP contribution in [0.2, 0.25) is 0 Å². The van der Waals surface area contributed by atoms with Gasteiger partial charge < -0.3 is 14.8 Å². The van der Waals surface area contributed by atoms with Gasteiger partial charge in [-0.3, -0.25) is 4.79 Å². The SMILES string of the molecule is Cc1ccc(CNC(=O)Cc2ccc3c(c2)OCCCO3)cc1. The summed E-state index contributed by atoms with van der Waals surface area (Å²) >= 11 is 0. The maximum absolute atomic E-state index is 12.1. The normalized spacial score (nSPS) is 13.3. The summed E-state index contributed by atoms with van der Waals surface area (Å²) in [5, 5.41) is 2.95. The number of hydrogen-bond donors (Lipinski definition) is 1. The van der Waals surface area contributed by atoms with E-state index in [2.05, 4.69) is 5.32 Å². The fraction of sp³-hybridized carbons (Fsp3) is 0.316. The Bertz CT molecular complexity index is 680. The van der Waals surface area contributed by atoms with Crippen LogP contribution in [0.1, 0.15) is 23.1 Å². The third kappa shape index (κ3) is 4.25. The molecule has 2 aromatic rings. The summed E-state index contributed by atoms with van der Waals surface area (Å²) in [6, 6.07) is 13.8. The number of carbonyl (C=O) groups excluding carboxylic acids is 1. The minimum atomic E-state index is 0.0000605. The minimum absolute atomic E-state index is 0.0000605. The Morgan fingerprint density at radius 2 is 1.70 bits per heavy atom. The van der Waals surface area contributed by atoms with Crippen LogP contribution in [-0.2, 0) is 17.8 Å². The molecule has 120 valence electrons. The molecule has 0 saturated heterocycles. The third-order valence-electron chi connectivity index (χ3n) is 3.79. The number of aryl methyl sites for hydroxylation is 1. The van der Waals surface area contributed by atoms with Gasteiger partial charge in [-0.2, -0.15) is 0 Å². The van der Waals surface area contributed by atoms with Crippen LogP contribution in [0.3, 0.4) is 0 Å². The average molecular weight is 311 g/mol. The summed E-state index contributed by atoms with van der Waals surface area (Å²) in [5.41, 5.74) is 3.24. The molecular weight excluding hydrogens is 290 g/mol.